The number of ether oxygens (including phenoxy) is 1. The summed E-state index contributed by atoms with van der Waals surface area (Å²) in [7, 11) is 0. The van der Waals surface area contributed by atoms with Gasteiger partial charge in [-0.05, 0) is 17.7 Å². The van der Waals surface area contributed by atoms with E-state index in [1.165, 1.54) is 12.1 Å². The van der Waals surface area contributed by atoms with Crippen molar-refractivity contribution < 1.29 is 17.9 Å². The molecule has 0 heterocycles. The van der Waals surface area contributed by atoms with Gasteiger partial charge in [0.25, 0.3) is 6.43 Å². The van der Waals surface area contributed by atoms with E-state index < -0.39 is 25.0 Å². The molecule has 5 heteroatoms. The van der Waals surface area contributed by atoms with Crippen molar-refractivity contribution in [2.45, 2.75) is 32.4 Å². The molecule has 0 saturated carbocycles. The van der Waals surface area contributed by atoms with Crippen molar-refractivity contribution in [3.63, 3.8) is 0 Å². The number of benzene rings is 1. The van der Waals surface area contributed by atoms with Crippen molar-refractivity contribution in [1.82, 2.24) is 5.32 Å². The molecule has 1 aromatic rings. The van der Waals surface area contributed by atoms with Crippen LogP contribution in [-0.4, -0.2) is 25.6 Å². The number of nitrogens with one attached hydrogen (secondary N) is 1. The Balaban J connectivity index is 2.69. The first-order valence-corrected chi connectivity index (χ1v) is 5.87. The lowest BCUT2D eigenvalue weighted by atomic mass is 10.1. The van der Waals surface area contributed by atoms with Crippen LogP contribution in [0.25, 0.3) is 0 Å². The summed E-state index contributed by atoms with van der Waals surface area (Å²) in [6.07, 6.45) is -3.10. The summed E-state index contributed by atoms with van der Waals surface area (Å²) in [5, 5.41) is 3.09. The second-order valence-corrected chi connectivity index (χ2v) is 4.33. The van der Waals surface area contributed by atoms with Gasteiger partial charge >= 0.3 is 0 Å². The van der Waals surface area contributed by atoms with E-state index >= 15 is 0 Å². The molecule has 1 unspecified atom stereocenters. The summed E-state index contributed by atoms with van der Waals surface area (Å²) in [6, 6.07) is 6.03. The van der Waals surface area contributed by atoms with E-state index in [-0.39, 0.29) is 6.04 Å². The number of halogens is 3. The lowest BCUT2D eigenvalue weighted by Gasteiger charge is -2.20. The van der Waals surface area contributed by atoms with Crippen molar-refractivity contribution in [2.24, 2.45) is 0 Å². The van der Waals surface area contributed by atoms with Crippen molar-refractivity contribution in [3.05, 3.63) is 35.6 Å². The predicted octanol–water partition coefficient (Wildman–Crippen LogP) is 3.15. The molecule has 18 heavy (non-hydrogen) atoms. The molecular weight excluding hydrogens is 243 g/mol. The minimum atomic E-state index is -2.53. The van der Waals surface area contributed by atoms with Gasteiger partial charge in [-0.3, -0.25) is 0 Å². The topological polar surface area (TPSA) is 21.3 Å². The summed E-state index contributed by atoms with van der Waals surface area (Å²) in [5.74, 6) is -0.400. The maximum Gasteiger partial charge on any atom is 0.261 e. The van der Waals surface area contributed by atoms with E-state index in [4.69, 9.17) is 4.74 Å². The van der Waals surface area contributed by atoms with Gasteiger partial charge in [0.05, 0.1) is 6.10 Å². The van der Waals surface area contributed by atoms with E-state index in [9.17, 15) is 13.2 Å². The third-order valence-corrected chi connectivity index (χ3v) is 2.36. The van der Waals surface area contributed by atoms with Crippen molar-refractivity contribution >= 4 is 0 Å². The van der Waals surface area contributed by atoms with Crippen LogP contribution in [0.3, 0.4) is 0 Å². The van der Waals surface area contributed by atoms with Crippen LogP contribution in [0.1, 0.15) is 25.5 Å². The van der Waals surface area contributed by atoms with Gasteiger partial charge in [-0.15, -0.1) is 0 Å². The Hall–Kier alpha value is -1.07. The second-order valence-electron chi connectivity index (χ2n) is 4.33. The molecule has 0 aliphatic carbocycles. The molecule has 0 aromatic heterocycles. The third-order valence-electron chi connectivity index (χ3n) is 2.36. The van der Waals surface area contributed by atoms with Crippen LogP contribution in [0.4, 0.5) is 13.2 Å². The molecule has 0 spiro atoms. The molecule has 1 rings (SSSR count). The molecule has 0 radical (unpaired) electrons. The summed E-state index contributed by atoms with van der Waals surface area (Å²) in [6.45, 7) is 3.60. The Bertz CT molecular complexity index is 346. The predicted molar refractivity (Wildman–Crippen MR) is 64.2 cm³/mol. The molecule has 0 saturated heterocycles. The highest BCUT2D eigenvalue weighted by Gasteiger charge is 2.15. The Labute approximate surface area is 105 Å². The van der Waals surface area contributed by atoms with Crippen molar-refractivity contribution in [2.75, 3.05) is 13.2 Å². The first-order chi connectivity index (χ1) is 8.49. The van der Waals surface area contributed by atoms with Crippen molar-refractivity contribution in [3.8, 4) is 0 Å². The standard InChI is InChI=1S/C13H18F3NO/c1-9(2)17-7-12(18-8-13(15)16)10-4-3-5-11(14)6-10/h3-6,9,12-13,17H,7-8H2,1-2H3. The fraction of sp³-hybridized carbons (Fsp3) is 0.538. The lowest BCUT2D eigenvalue weighted by molar-refractivity contribution is -0.0252. The van der Waals surface area contributed by atoms with Gasteiger partial charge in [0, 0.05) is 12.6 Å². The van der Waals surface area contributed by atoms with Gasteiger partial charge in [0.2, 0.25) is 0 Å². The van der Waals surface area contributed by atoms with E-state index in [0.29, 0.717) is 12.1 Å². The molecule has 2 nitrogen and oxygen atoms in total. The smallest absolute Gasteiger partial charge is 0.261 e. The van der Waals surface area contributed by atoms with Gasteiger partial charge in [-0.1, -0.05) is 26.0 Å². The van der Waals surface area contributed by atoms with E-state index in [0.717, 1.165) is 0 Å². The molecule has 1 atom stereocenters. The summed E-state index contributed by atoms with van der Waals surface area (Å²) >= 11 is 0. The summed E-state index contributed by atoms with van der Waals surface area (Å²) < 4.78 is 42.6. The summed E-state index contributed by atoms with van der Waals surface area (Å²) in [5.41, 5.74) is 0.559. The van der Waals surface area contributed by atoms with Crippen LogP contribution in [-0.2, 0) is 4.74 Å². The highest BCUT2D eigenvalue weighted by molar-refractivity contribution is 5.19. The average molecular weight is 261 g/mol. The molecule has 0 aliphatic rings. The average Bonchev–Trinajstić information content (AvgIpc) is 2.28. The van der Waals surface area contributed by atoms with Gasteiger partial charge in [-0.25, -0.2) is 13.2 Å². The minimum Gasteiger partial charge on any atom is -0.366 e. The largest absolute Gasteiger partial charge is 0.366 e. The van der Waals surface area contributed by atoms with Crippen LogP contribution >= 0.6 is 0 Å². The normalized spacial score (nSPS) is 13.3. The quantitative estimate of drug-likeness (QED) is 0.814. The molecule has 0 amide bonds. The first kappa shape index (κ1) is 15.0. The Morgan fingerprint density at radius 1 is 1.28 bits per heavy atom. The van der Waals surface area contributed by atoms with Crippen molar-refractivity contribution in [1.29, 1.82) is 0 Å². The van der Waals surface area contributed by atoms with Gasteiger partial charge < -0.3 is 10.1 Å². The van der Waals surface area contributed by atoms with E-state index in [1.54, 1.807) is 12.1 Å². The SMILES string of the molecule is CC(C)NCC(OCC(F)F)c1cccc(F)c1. The maximum atomic E-state index is 13.1. The van der Waals surface area contributed by atoms with Gasteiger partial charge in [-0.2, -0.15) is 0 Å². The van der Waals surface area contributed by atoms with Gasteiger partial charge in [0.15, 0.2) is 0 Å². The zero-order valence-corrected chi connectivity index (χ0v) is 10.5. The molecular formula is C13H18F3NO. The second kappa shape index (κ2) is 7.38. The molecule has 1 N–H and O–H groups in total. The Kier molecular flexibility index (Phi) is 6.15. The van der Waals surface area contributed by atoms with E-state index in [2.05, 4.69) is 5.32 Å². The number of hydrogen-bond acceptors (Lipinski definition) is 2. The molecule has 1 aromatic carbocycles. The van der Waals surface area contributed by atoms with Crippen LogP contribution < -0.4 is 5.32 Å². The lowest BCUT2D eigenvalue weighted by Crippen LogP contribution is -2.30. The zero-order chi connectivity index (χ0) is 13.5. The fourth-order valence-corrected chi connectivity index (χ4v) is 1.51. The fourth-order valence-electron chi connectivity index (χ4n) is 1.51. The monoisotopic (exact) mass is 261 g/mol. The van der Waals surface area contributed by atoms with Gasteiger partial charge in [0.1, 0.15) is 12.4 Å². The number of alkyl halides is 2. The van der Waals surface area contributed by atoms with Crippen LogP contribution in [0, 0.1) is 5.82 Å². The summed E-state index contributed by atoms with van der Waals surface area (Å²) in [4.78, 5) is 0. The molecule has 0 bridgehead atoms. The highest BCUT2D eigenvalue weighted by atomic mass is 19.3. The zero-order valence-electron chi connectivity index (χ0n) is 10.5. The van der Waals surface area contributed by atoms with Crippen LogP contribution in [0.15, 0.2) is 24.3 Å². The maximum absolute atomic E-state index is 13.1. The third kappa shape index (κ3) is 5.51. The van der Waals surface area contributed by atoms with Crippen LogP contribution in [0.2, 0.25) is 0 Å². The number of hydrogen-bond donors (Lipinski definition) is 1. The Morgan fingerprint density at radius 3 is 2.56 bits per heavy atom. The number of rotatable bonds is 7. The molecule has 0 fully saturated rings. The first-order valence-electron chi connectivity index (χ1n) is 5.87. The van der Waals surface area contributed by atoms with E-state index in [1.807, 2.05) is 13.8 Å². The Morgan fingerprint density at radius 2 is 2.00 bits per heavy atom. The molecule has 102 valence electrons. The molecule has 0 aliphatic heterocycles. The van der Waals surface area contributed by atoms with Crippen LogP contribution in [0.5, 0.6) is 0 Å². The minimum absolute atomic E-state index is 0.205. The highest BCUT2D eigenvalue weighted by Crippen LogP contribution is 2.18.